The molecule has 1 N–H and O–H groups in total. The maximum atomic E-state index is 12.6. The number of carbonyl (C=O) groups excluding carboxylic acids is 1. The zero-order valence-corrected chi connectivity index (χ0v) is 12.7. The Kier molecular flexibility index (Phi) is 4.36. The summed E-state index contributed by atoms with van der Waals surface area (Å²) < 4.78 is 0. The van der Waals surface area contributed by atoms with Crippen LogP contribution in [0.15, 0.2) is 60.7 Å². The van der Waals surface area contributed by atoms with E-state index in [2.05, 4.69) is 0 Å². The van der Waals surface area contributed by atoms with Crippen LogP contribution in [-0.2, 0) is 4.79 Å². The molecule has 0 bridgehead atoms. The third-order valence-electron chi connectivity index (χ3n) is 4.66. The molecule has 3 heteroatoms. The highest BCUT2D eigenvalue weighted by Crippen LogP contribution is 2.36. The summed E-state index contributed by atoms with van der Waals surface area (Å²) >= 11 is 0. The van der Waals surface area contributed by atoms with Gasteiger partial charge in [-0.2, -0.15) is 5.06 Å². The van der Waals surface area contributed by atoms with Crippen LogP contribution in [0.3, 0.4) is 0 Å². The van der Waals surface area contributed by atoms with Crippen LogP contribution >= 0.6 is 0 Å². The first-order valence-electron chi connectivity index (χ1n) is 7.75. The molecule has 1 fully saturated rings. The first-order chi connectivity index (χ1) is 10.7. The molecule has 3 rings (SSSR count). The molecule has 0 radical (unpaired) electrons. The molecule has 1 aliphatic heterocycles. The van der Waals surface area contributed by atoms with E-state index >= 15 is 0 Å². The number of nitrogens with zero attached hydrogens (tertiary/aromatic N) is 1. The molecule has 0 aromatic heterocycles. The van der Waals surface area contributed by atoms with Gasteiger partial charge in [-0.3, -0.25) is 4.79 Å². The summed E-state index contributed by atoms with van der Waals surface area (Å²) in [5, 5.41) is 11.9. The number of Topliss-reactive ketones (excluding diaryl/α,β-unsaturated/α-hetero) is 1. The largest absolute Gasteiger partial charge is 0.313 e. The number of rotatable bonds is 2. The van der Waals surface area contributed by atoms with E-state index in [4.69, 9.17) is 0 Å². The van der Waals surface area contributed by atoms with Crippen molar-refractivity contribution < 1.29 is 10.0 Å². The Balaban J connectivity index is 1.91. The minimum Gasteiger partial charge on any atom is -0.313 e. The van der Waals surface area contributed by atoms with Gasteiger partial charge >= 0.3 is 0 Å². The average Bonchev–Trinajstić information content (AvgIpc) is 2.68. The molecule has 3 nitrogen and oxygen atoms in total. The number of carbonyl (C=O) groups is 1. The standard InChI is InChI=1S/C19H21NO2/c1-14-17(15-8-4-2-5-9-15)13-20(22)18(12-19(14)21)16-10-6-3-7-11-16/h2-11,14,17-18,22H,12-13H2,1H3. The fraction of sp³-hybridized carbons (Fsp3) is 0.316. The Hall–Kier alpha value is -1.97. The van der Waals surface area contributed by atoms with Crippen LogP contribution in [0.4, 0.5) is 0 Å². The lowest BCUT2D eigenvalue weighted by Gasteiger charge is -2.26. The van der Waals surface area contributed by atoms with Crippen LogP contribution in [0.5, 0.6) is 0 Å². The Morgan fingerprint density at radius 1 is 0.955 bits per heavy atom. The average molecular weight is 295 g/mol. The highest BCUT2D eigenvalue weighted by Gasteiger charge is 2.35. The van der Waals surface area contributed by atoms with Gasteiger partial charge in [0.1, 0.15) is 5.78 Å². The van der Waals surface area contributed by atoms with Crippen LogP contribution in [0, 0.1) is 5.92 Å². The second-order valence-electron chi connectivity index (χ2n) is 6.02. The minimum absolute atomic E-state index is 0.0208. The lowest BCUT2D eigenvalue weighted by molar-refractivity contribution is -0.135. The molecule has 1 heterocycles. The second-order valence-corrected chi connectivity index (χ2v) is 6.02. The Morgan fingerprint density at radius 2 is 1.50 bits per heavy atom. The number of hydrogen-bond donors (Lipinski definition) is 1. The van der Waals surface area contributed by atoms with E-state index in [0.29, 0.717) is 13.0 Å². The maximum Gasteiger partial charge on any atom is 0.138 e. The van der Waals surface area contributed by atoms with Crippen molar-refractivity contribution in [2.24, 2.45) is 5.92 Å². The van der Waals surface area contributed by atoms with E-state index in [0.717, 1.165) is 11.1 Å². The Morgan fingerprint density at radius 3 is 2.09 bits per heavy atom. The van der Waals surface area contributed by atoms with Crippen LogP contribution in [0.2, 0.25) is 0 Å². The molecule has 3 unspecified atom stereocenters. The highest BCUT2D eigenvalue weighted by atomic mass is 16.5. The van der Waals surface area contributed by atoms with E-state index in [1.165, 1.54) is 5.06 Å². The number of benzene rings is 2. The van der Waals surface area contributed by atoms with Crippen LogP contribution in [-0.4, -0.2) is 22.6 Å². The van der Waals surface area contributed by atoms with Crippen molar-refractivity contribution in [3.8, 4) is 0 Å². The van der Waals surface area contributed by atoms with Gasteiger partial charge in [-0.1, -0.05) is 67.6 Å². The molecular formula is C19H21NO2. The summed E-state index contributed by atoms with van der Waals surface area (Å²) in [7, 11) is 0. The SMILES string of the molecule is CC1C(=O)CC(c2ccccc2)N(O)CC1c1ccccc1. The number of hydrogen-bond acceptors (Lipinski definition) is 3. The molecule has 2 aromatic rings. The van der Waals surface area contributed by atoms with Gasteiger partial charge in [-0.05, 0) is 11.1 Å². The smallest absolute Gasteiger partial charge is 0.138 e. The van der Waals surface area contributed by atoms with Crippen LogP contribution in [0.1, 0.15) is 36.4 Å². The van der Waals surface area contributed by atoms with Gasteiger partial charge in [0.2, 0.25) is 0 Å². The van der Waals surface area contributed by atoms with Gasteiger partial charge in [0.25, 0.3) is 0 Å². The summed E-state index contributed by atoms with van der Waals surface area (Å²) in [6, 6.07) is 19.5. The minimum atomic E-state index is -0.259. The number of ketones is 1. The summed E-state index contributed by atoms with van der Waals surface area (Å²) in [4.78, 5) is 12.6. The van der Waals surface area contributed by atoms with E-state index in [1.807, 2.05) is 67.6 Å². The normalized spacial score (nSPS) is 26.6. The molecule has 0 saturated carbocycles. The van der Waals surface area contributed by atoms with Crippen molar-refractivity contribution in [3.63, 3.8) is 0 Å². The van der Waals surface area contributed by atoms with Crippen molar-refractivity contribution in [3.05, 3.63) is 71.8 Å². The zero-order valence-electron chi connectivity index (χ0n) is 12.7. The van der Waals surface area contributed by atoms with Crippen LogP contribution in [0.25, 0.3) is 0 Å². The maximum absolute atomic E-state index is 12.6. The Labute approximate surface area is 131 Å². The van der Waals surface area contributed by atoms with Gasteiger partial charge in [-0.25, -0.2) is 0 Å². The quantitative estimate of drug-likeness (QED) is 0.916. The van der Waals surface area contributed by atoms with E-state index in [1.54, 1.807) is 0 Å². The summed E-state index contributed by atoms with van der Waals surface area (Å²) in [5.74, 6) is 0.137. The topological polar surface area (TPSA) is 40.5 Å². The third-order valence-corrected chi connectivity index (χ3v) is 4.66. The van der Waals surface area contributed by atoms with Gasteiger partial charge in [-0.15, -0.1) is 0 Å². The molecule has 2 aromatic carbocycles. The third kappa shape index (κ3) is 2.96. The molecule has 0 spiro atoms. The van der Waals surface area contributed by atoms with Gasteiger partial charge in [0.05, 0.1) is 6.04 Å². The van der Waals surface area contributed by atoms with Crippen molar-refractivity contribution in [1.29, 1.82) is 0 Å². The molecule has 114 valence electrons. The van der Waals surface area contributed by atoms with Crippen molar-refractivity contribution >= 4 is 5.78 Å². The molecule has 0 aliphatic carbocycles. The first-order valence-corrected chi connectivity index (χ1v) is 7.75. The molecule has 1 aliphatic rings. The van der Waals surface area contributed by atoms with Crippen LogP contribution < -0.4 is 0 Å². The van der Waals surface area contributed by atoms with Crippen molar-refractivity contribution in [1.82, 2.24) is 5.06 Å². The van der Waals surface area contributed by atoms with Gasteiger partial charge in [0, 0.05) is 24.8 Å². The summed E-state index contributed by atoms with van der Waals surface area (Å²) in [5.41, 5.74) is 2.09. The Bertz CT molecular complexity index is 626. The van der Waals surface area contributed by atoms with E-state index in [-0.39, 0.29) is 23.7 Å². The van der Waals surface area contributed by atoms with Crippen molar-refractivity contribution in [2.75, 3.05) is 6.54 Å². The second kappa shape index (κ2) is 6.42. The fourth-order valence-corrected chi connectivity index (χ4v) is 3.25. The zero-order chi connectivity index (χ0) is 15.5. The van der Waals surface area contributed by atoms with E-state index in [9.17, 15) is 10.0 Å². The molecule has 1 saturated heterocycles. The number of hydroxylamine groups is 2. The summed E-state index contributed by atoms with van der Waals surface area (Å²) in [6.07, 6.45) is 0.352. The lowest BCUT2D eigenvalue weighted by atomic mass is 9.84. The fourth-order valence-electron chi connectivity index (χ4n) is 3.25. The molecular weight excluding hydrogens is 274 g/mol. The lowest BCUT2D eigenvalue weighted by Crippen LogP contribution is -2.28. The van der Waals surface area contributed by atoms with Gasteiger partial charge in [0.15, 0.2) is 0 Å². The highest BCUT2D eigenvalue weighted by molar-refractivity contribution is 5.82. The predicted molar refractivity (Wildman–Crippen MR) is 85.6 cm³/mol. The first kappa shape index (κ1) is 14.9. The summed E-state index contributed by atoms with van der Waals surface area (Å²) in [6.45, 7) is 2.44. The molecule has 3 atom stereocenters. The molecule has 0 amide bonds. The monoisotopic (exact) mass is 295 g/mol. The molecule has 22 heavy (non-hydrogen) atoms. The predicted octanol–water partition coefficient (Wildman–Crippen LogP) is 3.81. The van der Waals surface area contributed by atoms with E-state index < -0.39 is 0 Å². The van der Waals surface area contributed by atoms with Crippen molar-refractivity contribution in [2.45, 2.75) is 25.3 Å². The van der Waals surface area contributed by atoms with Gasteiger partial charge < -0.3 is 5.21 Å².